The van der Waals surface area contributed by atoms with E-state index in [-0.39, 0.29) is 30.7 Å². The van der Waals surface area contributed by atoms with Crippen molar-refractivity contribution in [2.75, 3.05) is 6.54 Å². The Morgan fingerprint density at radius 3 is 2.37 bits per heavy atom. The third kappa shape index (κ3) is 10.0. The number of hydrogen-bond donors (Lipinski definition) is 5. The minimum absolute atomic E-state index is 0.0414. The number of aliphatic carboxylic acids is 1. The topological polar surface area (TPSA) is 142 Å². The quantitative estimate of drug-likeness (QED) is 0.212. The minimum Gasteiger partial charge on any atom is -0.480 e. The number of nitrogens with two attached hydrogens (primary N) is 1. The molecule has 3 atom stereocenters. The Kier molecular flexibility index (Phi) is 10.7. The van der Waals surface area contributed by atoms with E-state index < -0.39 is 35.8 Å². The summed E-state index contributed by atoms with van der Waals surface area (Å²) in [5, 5.41) is 26.0. The molecule has 1 aromatic heterocycles. The summed E-state index contributed by atoms with van der Waals surface area (Å²) < 4.78 is 29.2. The predicted molar refractivity (Wildman–Crippen MR) is 151 cm³/mol. The van der Waals surface area contributed by atoms with Crippen LogP contribution in [0.25, 0.3) is 5.69 Å². The highest BCUT2D eigenvalue weighted by Crippen LogP contribution is 2.24. The summed E-state index contributed by atoms with van der Waals surface area (Å²) in [5.74, 6) is -2.94. The normalized spacial score (nSPS) is 14.0. The third-order valence-corrected chi connectivity index (χ3v) is 6.44. The van der Waals surface area contributed by atoms with E-state index in [9.17, 15) is 23.5 Å². The van der Waals surface area contributed by atoms with E-state index in [4.69, 9.17) is 10.8 Å². The van der Waals surface area contributed by atoms with E-state index in [1.165, 1.54) is 19.1 Å². The highest BCUT2D eigenvalue weighted by atomic mass is 19.1. The fraction of sp³-hybridized carbons (Fsp3) is 0.433. The van der Waals surface area contributed by atoms with Crippen molar-refractivity contribution in [3.8, 4) is 5.69 Å². The summed E-state index contributed by atoms with van der Waals surface area (Å²) in [6.07, 6.45) is 3.25. The molecule has 3 aromatic rings. The smallest absolute Gasteiger partial charge is 0.320 e. The first-order chi connectivity index (χ1) is 19.2. The lowest BCUT2D eigenvalue weighted by atomic mass is 9.87. The second kappa shape index (κ2) is 13.8. The van der Waals surface area contributed by atoms with Gasteiger partial charge in [-0.3, -0.25) is 9.59 Å². The summed E-state index contributed by atoms with van der Waals surface area (Å²) in [7, 11) is 0. The van der Waals surface area contributed by atoms with Gasteiger partial charge in [-0.25, -0.2) is 13.8 Å². The maximum absolute atomic E-state index is 13.7. The van der Waals surface area contributed by atoms with E-state index >= 15 is 0 Å². The molecule has 0 spiro atoms. The first-order valence-corrected chi connectivity index (χ1v) is 13.4. The molecule has 0 fully saturated rings. The van der Waals surface area contributed by atoms with Gasteiger partial charge in [0.1, 0.15) is 17.7 Å². The number of aliphatic hydroxyl groups is 1. The molecule has 0 saturated heterocycles. The number of nitrogens with zero attached hydrogens (tertiary/aromatic N) is 2. The van der Waals surface area contributed by atoms with Crippen LogP contribution >= 0.6 is 0 Å². The lowest BCUT2D eigenvalue weighted by Gasteiger charge is -2.25. The molecular formula is C30H39F2N5O4. The van der Waals surface area contributed by atoms with Gasteiger partial charge in [0.05, 0.1) is 29.9 Å². The Hall–Kier alpha value is -3.67. The predicted octanol–water partition coefficient (Wildman–Crippen LogP) is 2.89. The largest absolute Gasteiger partial charge is 0.480 e. The molecule has 0 aliphatic rings. The molecule has 0 bridgehead atoms. The molecule has 11 heteroatoms. The Balaban J connectivity index is 1.78. The van der Waals surface area contributed by atoms with Gasteiger partial charge in [0.25, 0.3) is 0 Å². The van der Waals surface area contributed by atoms with E-state index in [1.807, 2.05) is 12.1 Å². The lowest BCUT2D eigenvalue weighted by molar-refractivity contribution is -0.138. The van der Waals surface area contributed by atoms with Crippen molar-refractivity contribution in [1.29, 1.82) is 0 Å². The highest BCUT2D eigenvalue weighted by molar-refractivity contribution is 5.73. The van der Waals surface area contributed by atoms with Crippen molar-refractivity contribution in [3.05, 3.63) is 82.9 Å². The molecule has 2 aromatic carbocycles. The Bertz CT molecular complexity index is 1330. The number of carbonyl (C=O) groups excluding carboxylic acids is 1. The van der Waals surface area contributed by atoms with Crippen molar-refractivity contribution in [2.24, 2.45) is 11.1 Å². The number of benzene rings is 2. The molecule has 9 nitrogen and oxygen atoms in total. The minimum atomic E-state index is -1.10. The van der Waals surface area contributed by atoms with Crippen LogP contribution in [0.4, 0.5) is 8.78 Å². The van der Waals surface area contributed by atoms with Crippen LogP contribution in [-0.4, -0.2) is 56.4 Å². The maximum atomic E-state index is 13.7. The van der Waals surface area contributed by atoms with Gasteiger partial charge in [-0.15, -0.1) is 0 Å². The van der Waals surface area contributed by atoms with E-state index in [0.29, 0.717) is 17.8 Å². The molecule has 3 rings (SSSR count). The Morgan fingerprint density at radius 1 is 1.07 bits per heavy atom. The van der Waals surface area contributed by atoms with Gasteiger partial charge in [0.15, 0.2) is 0 Å². The molecule has 0 radical (unpaired) electrons. The van der Waals surface area contributed by atoms with Crippen LogP contribution in [-0.2, 0) is 35.4 Å². The van der Waals surface area contributed by atoms with Gasteiger partial charge in [-0.1, -0.05) is 32.9 Å². The average Bonchev–Trinajstić information content (AvgIpc) is 3.30. The fourth-order valence-corrected chi connectivity index (χ4v) is 4.69. The summed E-state index contributed by atoms with van der Waals surface area (Å²) in [4.78, 5) is 27.3. The summed E-state index contributed by atoms with van der Waals surface area (Å²) in [6.45, 7) is 8.21. The number of carbonyl (C=O) groups is 2. The molecule has 1 heterocycles. The van der Waals surface area contributed by atoms with E-state index in [2.05, 4.69) is 42.5 Å². The molecule has 41 heavy (non-hydrogen) atoms. The third-order valence-electron chi connectivity index (χ3n) is 6.44. The number of rotatable bonds is 13. The fourth-order valence-electron chi connectivity index (χ4n) is 4.69. The Morgan fingerprint density at radius 2 is 1.76 bits per heavy atom. The molecule has 3 unspecified atom stereocenters. The number of carboxylic acids is 1. The average molecular weight is 572 g/mol. The zero-order valence-corrected chi connectivity index (χ0v) is 23.8. The van der Waals surface area contributed by atoms with Crippen LogP contribution in [0.15, 0.2) is 48.9 Å². The van der Waals surface area contributed by atoms with Crippen LogP contribution in [0.1, 0.15) is 50.1 Å². The van der Waals surface area contributed by atoms with Gasteiger partial charge >= 0.3 is 5.97 Å². The summed E-state index contributed by atoms with van der Waals surface area (Å²) >= 11 is 0. The molecule has 0 aliphatic heterocycles. The second-order valence-corrected chi connectivity index (χ2v) is 11.6. The number of imidazole rings is 1. The second-order valence-electron chi connectivity index (χ2n) is 11.6. The van der Waals surface area contributed by atoms with Crippen LogP contribution in [0, 0.1) is 17.0 Å². The van der Waals surface area contributed by atoms with Crippen molar-refractivity contribution < 1.29 is 28.6 Å². The van der Waals surface area contributed by atoms with Crippen LogP contribution in [0.2, 0.25) is 0 Å². The Labute approximate surface area is 238 Å². The van der Waals surface area contributed by atoms with E-state index in [0.717, 1.165) is 29.3 Å². The molecule has 1 amide bonds. The van der Waals surface area contributed by atoms with Gasteiger partial charge in [-0.2, -0.15) is 0 Å². The van der Waals surface area contributed by atoms with Gasteiger partial charge in [0.2, 0.25) is 5.91 Å². The zero-order chi connectivity index (χ0) is 30.3. The molecule has 222 valence electrons. The highest BCUT2D eigenvalue weighted by Gasteiger charge is 2.22. The van der Waals surface area contributed by atoms with Crippen molar-refractivity contribution in [2.45, 2.75) is 71.7 Å². The van der Waals surface area contributed by atoms with Crippen LogP contribution in [0.5, 0.6) is 0 Å². The summed E-state index contributed by atoms with van der Waals surface area (Å²) in [6, 6.07) is 7.36. The molecular weight excluding hydrogens is 532 g/mol. The monoisotopic (exact) mass is 571 g/mol. The van der Waals surface area contributed by atoms with Crippen molar-refractivity contribution in [1.82, 2.24) is 20.2 Å². The first kappa shape index (κ1) is 31.9. The number of aromatic nitrogens is 2. The lowest BCUT2D eigenvalue weighted by Crippen LogP contribution is -2.48. The van der Waals surface area contributed by atoms with Gasteiger partial charge < -0.3 is 31.1 Å². The van der Waals surface area contributed by atoms with Crippen molar-refractivity contribution in [3.63, 3.8) is 0 Å². The number of hydrogen-bond acceptors (Lipinski definition) is 6. The number of nitrogens with one attached hydrogen (secondary N) is 2. The van der Waals surface area contributed by atoms with Gasteiger partial charge in [-0.05, 0) is 53.1 Å². The van der Waals surface area contributed by atoms with Gasteiger partial charge in [0, 0.05) is 38.7 Å². The molecule has 0 aliphatic carbocycles. The number of halogens is 2. The van der Waals surface area contributed by atoms with Crippen LogP contribution in [0.3, 0.4) is 0 Å². The number of aliphatic hydroxyl groups excluding tert-OH is 1. The standard InChI is InChI=1S/C30H39F2N5O4/c1-18(38)36-26(10-20-8-22(31)11-23(32)9-20)28(39)15-34-14-21-7-19(13-30(2,3)4)5-6-27(21)37-16-24(35-17-37)12-25(33)29(40)41/h5-9,11,16-17,25-26,28,34,39H,10,12-15,33H2,1-4H3,(H,36,38)(H,40,41). The number of carboxylic acid groups (broad SMARTS) is 1. The maximum Gasteiger partial charge on any atom is 0.320 e. The van der Waals surface area contributed by atoms with Crippen LogP contribution < -0.4 is 16.4 Å². The summed E-state index contributed by atoms with van der Waals surface area (Å²) in [5.41, 5.74) is 9.44. The molecule has 0 saturated carbocycles. The SMILES string of the molecule is CC(=O)NC(Cc1cc(F)cc(F)c1)C(O)CNCc1cc(CC(C)(C)C)ccc1-n1cnc(CC(N)C(=O)O)c1. The van der Waals surface area contributed by atoms with E-state index in [1.54, 1.807) is 17.1 Å². The number of amides is 1. The first-order valence-electron chi connectivity index (χ1n) is 13.4. The van der Waals surface area contributed by atoms with Crippen molar-refractivity contribution >= 4 is 11.9 Å². The molecule has 6 N–H and O–H groups in total. The zero-order valence-electron chi connectivity index (χ0n) is 23.8.